The zero-order chi connectivity index (χ0) is 37.2. The summed E-state index contributed by atoms with van der Waals surface area (Å²) in [5.74, 6) is 1.01. The maximum Gasteiger partial charge on any atom is 0.147 e. The average molecular weight is 701 g/mol. The molecule has 0 saturated heterocycles. The first kappa shape index (κ1) is 33.6. The van der Waals surface area contributed by atoms with Crippen molar-refractivity contribution in [2.45, 2.75) is 52.4 Å². The molecule has 0 radical (unpaired) electrons. The number of hydrogen-bond donors (Lipinski definition) is 1. The van der Waals surface area contributed by atoms with Gasteiger partial charge in [-0.05, 0) is 87.2 Å². The molecule has 4 nitrogen and oxygen atoms in total. The SMILES string of the molecule is CC(C)(C)c1cc(-c2cc(-c3ccccn3)cc(-c3ccc4c5ccccc5n(-c5[nH]c(-c6ccccc6)c6ccccc56)c4n3)c2)cc(C(C)(C)C)c1. The molecule has 9 aromatic rings. The first-order valence-electron chi connectivity index (χ1n) is 18.8. The van der Waals surface area contributed by atoms with Gasteiger partial charge < -0.3 is 4.98 Å². The van der Waals surface area contributed by atoms with Gasteiger partial charge in [0.1, 0.15) is 11.5 Å². The van der Waals surface area contributed by atoms with Crippen molar-refractivity contribution in [3.05, 3.63) is 163 Å². The number of nitrogens with one attached hydrogen (secondary N) is 1. The minimum Gasteiger partial charge on any atom is -0.340 e. The molecule has 0 atom stereocenters. The molecule has 0 unspecified atom stereocenters. The van der Waals surface area contributed by atoms with Crippen molar-refractivity contribution < 1.29 is 0 Å². The third-order valence-electron chi connectivity index (χ3n) is 10.7. The van der Waals surface area contributed by atoms with Crippen LogP contribution in [0.5, 0.6) is 0 Å². The van der Waals surface area contributed by atoms with E-state index in [1.54, 1.807) is 0 Å². The van der Waals surface area contributed by atoms with Crippen LogP contribution in [0.2, 0.25) is 0 Å². The zero-order valence-corrected chi connectivity index (χ0v) is 31.8. The monoisotopic (exact) mass is 700 g/mol. The topological polar surface area (TPSA) is 46.5 Å². The highest BCUT2D eigenvalue weighted by atomic mass is 15.1. The van der Waals surface area contributed by atoms with Crippen LogP contribution in [0.3, 0.4) is 0 Å². The number of aromatic nitrogens is 4. The molecule has 5 aromatic carbocycles. The summed E-state index contributed by atoms with van der Waals surface area (Å²) >= 11 is 0. The van der Waals surface area contributed by atoms with Gasteiger partial charge in [-0.2, -0.15) is 0 Å². The Morgan fingerprint density at radius 3 is 1.74 bits per heavy atom. The second-order valence-electron chi connectivity index (χ2n) is 16.5. The van der Waals surface area contributed by atoms with Gasteiger partial charge in [0.15, 0.2) is 0 Å². The van der Waals surface area contributed by atoms with Crippen LogP contribution >= 0.6 is 0 Å². The molecule has 1 N–H and O–H groups in total. The quantitative estimate of drug-likeness (QED) is 0.194. The molecule has 0 bridgehead atoms. The lowest BCUT2D eigenvalue weighted by Gasteiger charge is -2.26. The van der Waals surface area contributed by atoms with Gasteiger partial charge >= 0.3 is 0 Å². The van der Waals surface area contributed by atoms with Crippen LogP contribution in [0.1, 0.15) is 52.7 Å². The highest BCUT2D eigenvalue weighted by Crippen LogP contribution is 2.40. The van der Waals surface area contributed by atoms with Crippen molar-refractivity contribution in [2.24, 2.45) is 0 Å². The van der Waals surface area contributed by atoms with E-state index in [1.165, 1.54) is 27.5 Å². The number of aromatic amines is 1. The smallest absolute Gasteiger partial charge is 0.147 e. The summed E-state index contributed by atoms with van der Waals surface area (Å²) < 4.78 is 2.31. The second-order valence-corrected chi connectivity index (χ2v) is 16.5. The van der Waals surface area contributed by atoms with Crippen LogP contribution in [0.25, 0.3) is 83.4 Å². The predicted octanol–water partition coefficient (Wildman–Crippen LogP) is 13.3. The van der Waals surface area contributed by atoms with Crippen LogP contribution in [-0.4, -0.2) is 19.5 Å². The van der Waals surface area contributed by atoms with Crippen molar-refractivity contribution >= 4 is 32.7 Å². The fraction of sp³-hybridized carbons (Fsp3) is 0.160. The lowest BCUT2D eigenvalue weighted by molar-refractivity contribution is 0.569. The number of fused-ring (bicyclic) bond motifs is 4. The summed E-state index contributed by atoms with van der Waals surface area (Å²) in [7, 11) is 0. The summed E-state index contributed by atoms with van der Waals surface area (Å²) in [6.07, 6.45) is 1.87. The van der Waals surface area contributed by atoms with Crippen molar-refractivity contribution in [3.8, 4) is 50.7 Å². The highest BCUT2D eigenvalue weighted by molar-refractivity contribution is 6.10. The largest absolute Gasteiger partial charge is 0.340 e. The van der Waals surface area contributed by atoms with E-state index in [4.69, 9.17) is 9.97 Å². The highest BCUT2D eigenvalue weighted by Gasteiger charge is 2.23. The predicted molar refractivity (Wildman–Crippen MR) is 227 cm³/mol. The van der Waals surface area contributed by atoms with E-state index in [0.717, 1.165) is 67.1 Å². The molecule has 4 heteroatoms. The van der Waals surface area contributed by atoms with E-state index in [9.17, 15) is 0 Å². The number of H-pyrrole nitrogens is 1. The van der Waals surface area contributed by atoms with Crippen LogP contribution < -0.4 is 0 Å². The summed E-state index contributed by atoms with van der Waals surface area (Å²) in [5.41, 5.74) is 13.2. The molecule has 4 aromatic heterocycles. The van der Waals surface area contributed by atoms with E-state index in [2.05, 4.69) is 191 Å². The Kier molecular flexibility index (Phi) is 7.90. The van der Waals surface area contributed by atoms with Crippen molar-refractivity contribution in [3.63, 3.8) is 0 Å². The Balaban J connectivity index is 1.30. The third-order valence-corrected chi connectivity index (χ3v) is 10.7. The summed E-state index contributed by atoms with van der Waals surface area (Å²) in [4.78, 5) is 14.2. The lowest BCUT2D eigenvalue weighted by Crippen LogP contribution is -2.16. The minimum atomic E-state index is -0.000194. The van der Waals surface area contributed by atoms with Crippen molar-refractivity contribution in [1.29, 1.82) is 0 Å². The zero-order valence-electron chi connectivity index (χ0n) is 31.8. The van der Waals surface area contributed by atoms with Crippen LogP contribution in [0, 0.1) is 0 Å². The minimum absolute atomic E-state index is 0.000194. The maximum absolute atomic E-state index is 5.55. The maximum atomic E-state index is 5.55. The van der Waals surface area contributed by atoms with E-state index >= 15 is 0 Å². The number of pyridine rings is 2. The summed E-state index contributed by atoms with van der Waals surface area (Å²) in [6.45, 7) is 13.8. The normalized spacial score (nSPS) is 12.3. The molecule has 54 heavy (non-hydrogen) atoms. The van der Waals surface area contributed by atoms with E-state index in [-0.39, 0.29) is 10.8 Å². The van der Waals surface area contributed by atoms with Gasteiger partial charge in [0.05, 0.1) is 22.6 Å². The fourth-order valence-electron chi connectivity index (χ4n) is 7.68. The van der Waals surface area contributed by atoms with E-state index in [1.807, 2.05) is 12.3 Å². The Morgan fingerprint density at radius 2 is 1.06 bits per heavy atom. The molecule has 0 amide bonds. The number of rotatable bonds is 5. The number of benzene rings is 5. The van der Waals surface area contributed by atoms with Gasteiger partial charge in [0, 0.05) is 38.9 Å². The summed E-state index contributed by atoms with van der Waals surface area (Å²) in [5, 5.41) is 4.62. The lowest BCUT2D eigenvalue weighted by atomic mass is 9.78. The van der Waals surface area contributed by atoms with Crippen molar-refractivity contribution in [2.75, 3.05) is 0 Å². The van der Waals surface area contributed by atoms with E-state index in [0.29, 0.717) is 0 Å². The van der Waals surface area contributed by atoms with Gasteiger partial charge in [-0.3, -0.25) is 9.55 Å². The Bertz CT molecular complexity index is 2790. The molecule has 4 heterocycles. The van der Waals surface area contributed by atoms with Gasteiger partial charge in [-0.1, -0.05) is 139 Å². The number of hydrogen-bond acceptors (Lipinski definition) is 2. The Morgan fingerprint density at radius 1 is 0.463 bits per heavy atom. The summed E-state index contributed by atoms with van der Waals surface area (Å²) in [6, 6.07) is 52.3. The second kappa shape index (κ2) is 12.7. The van der Waals surface area contributed by atoms with Gasteiger partial charge in [-0.25, -0.2) is 4.98 Å². The molecule has 0 saturated carbocycles. The van der Waals surface area contributed by atoms with Gasteiger partial charge in [0.2, 0.25) is 0 Å². The molecule has 0 fully saturated rings. The Hall–Kier alpha value is -6.26. The molecule has 0 aliphatic carbocycles. The standard InChI is InChI=1S/C50H44N4/c1-49(2,3)37-29-34(30-38(31-37)50(4,5)6)33-26-35(43-21-14-15-25-51-43)28-36(27-33)44-24-23-42-39-18-12-13-22-45(39)54(47(42)52-44)48-41-20-11-10-19-40(41)46(53-48)32-16-8-7-9-17-32/h7-31,53H,1-6H3. The Labute approximate surface area is 317 Å². The molecule has 0 spiro atoms. The average Bonchev–Trinajstić information content (AvgIpc) is 3.73. The van der Waals surface area contributed by atoms with Crippen molar-refractivity contribution in [1.82, 2.24) is 19.5 Å². The molecular formula is C50H44N4. The third kappa shape index (κ3) is 5.88. The molecule has 0 aliphatic rings. The molecular weight excluding hydrogens is 657 g/mol. The fourth-order valence-corrected chi connectivity index (χ4v) is 7.68. The van der Waals surface area contributed by atoms with Crippen LogP contribution in [0.15, 0.2) is 152 Å². The van der Waals surface area contributed by atoms with E-state index < -0.39 is 0 Å². The first-order valence-corrected chi connectivity index (χ1v) is 18.8. The number of nitrogens with zero attached hydrogens (tertiary/aromatic N) is 3. The van der Waals surface area contributed by atoms with Crippen LogP contribution in [0.4, 0.5) is 0 Å². The van der Waals surface area contributed by atoms with Crippen LogP contribution in [-0.2, 0) is 10.8 Å². The molecule has 9 rings (SSSR count). The first-order chi connectivity index (χ1) is 26.0. The molecule has 0 aliphatic heterocycles. The molecule has 264 valence electrons. The number of para-hydroxylation sites is 1. The van der Waals surface area contributed by atoms with Gasteiger partial charge in [0.25, 0.3) is 0 Å². The van der Waals surface area contributed by atoms with Gasteiger partial charge in [-0.15, -0.1) is 0 Å².